The highest BCUT2D eigenvalue weighted by Gasteiger charge is 2.24. The molecule has 0 radical (unpaired) electrons. The van der Waals surface area contributed by atoms with Crippen molar-refractivity contribution < 1.29 is 0 Å². The highest BCUT2D eigenvalue weighted by atomic mass is 32.1. The summed E-state index contributed by atoms with van der Waals surface area (Å²) in [6.45, 7) is 0. The Bertz CT molecular complexity index is 2390. The molecule has 0 bridgehead atoms. The molecule has 0 amide bonds. The van der Waals surface area contributed by atoms with Crippen LogP contribution in [0.2, 0.25) is 0 Å². The van der Waals surface area contributed by atoms with Crippen molar-refractivity contribution in [2.75, 3.05) is 0 Å². The fourth-order valence-electron chi connectivity index (χ4n) is 6.65. The number of benzene rings is 7. The number of aromatic nitrogens is 1. The summed E-state index contributed by atoms with van der Waals surface area (Å²) in [6.07, 6.45) is 2.24. The summed E-state index contributed by atoms with van der Waals surface area (Å²) in [6, 6.07) is 52.3. The molecule has 45 heavy (non-hydrogen) atoms. The van der Waals surface area contributed by atoms with Gasteiger partial charge in [0.15, 0.2) is 0 Å². The van der Waals surface area contributed by atoms with E-state index >= 15 is 0 Å². The first-order valence-corrected chi connectivity index (χ1v) is 16.2. The van der Waals surface area contributed by atoms with E-state index in [0.717, 1.165) is 21.8 Å². The summed E-state index contributed by atoms with van der Waals surface area (Å²) >= 11 is 1.77. The Morgan fingerprint density at radius 3 is 2.16 bits per heavy atom. The average molecular weight is 596 g/mol. The van der Waals surface area contributed by atoms with Crippen molar-refractivity contribution in [2.45, 2.75) is 12.2 Å². The van der Waals surface area contributed by atoms with Gasteiger partial charge in [-0.25, -0.2) is 4.98 Å². The average Bonchev–Trinajstić information content (AvgIpc) is 3.56. The number of hydrogen-bond acceptors (Lipinski definition) is 4. The fraction of sp³-hybridized carbons (Fsp3) is 0.0488. The molecule has 7 aromatic carbocycles. The normalized spacial score (nSPS) is 16.7. The molecule has 8 aromatic rings. The van der Waals surface area contributed by atoms with E-state index in [9.17, 15) is 0 Å². The maximum absolute atomic E-state index is 5.25. The SMILES string of the molecule is C1=C(c2ccccc2)NC(c2ccc3c(ccc4ccc5sc(-c6ccc7ccccc7c6)nc5c43)c2)NC1c1ccccc1. The molecule has 0 saturated carbocycles. The molecule has 1 aliphatic rings. The van der Waals surface area contributed by atoms with Gasteiger partial charge in [0.1, 0.15) is 11.2 Å². The van der Waals surface area contributed by atoms with Crippen LogP contribution >= 0.6 is 11.3 Å². The Balaban J connectivity index is 1.13. The predicted molar refractivity (Wildman–Crippen MR) is 190 cm³/mol. The molecule has 3 nitrogen and oxygen atoms in total. The van der Waals surface area contributed by atoms with Gasteiger partial charge in [-0.15, -0.1) is 11.3 Å². The van der Waals surface area contributed by atoms with Crippen LogP contribution in [-0.4, -0.2) is 4.98 Å². The molecule has 0 aliphatic carbocycles. The minimum Gasteiger partial charge on any atom is -0.366 e. The lowest BCUT2D eigenvalue weighted by atomic mass is 9.96. The molecule has 2 N–H and O–H groups in total. The van der Waals surface area contributed by atoms with Gasteiger partial charge in [-0.2, -0.15) is 0 Å². The molecule has 2 unspecified atom stereocenters. The first-order chi connectivity index (χ1) is 22.3. The van der Waals surface area contributed by atoms with Crippen molar-refractivity contribution in [1.29, 1.82) is 0 Å². The zero-order chi connectivity index (χ0) is 29.7. The summed E-state index contributed by atoms with van der Waals surface area (Å²) in [7, 11) is 0. The Labute approximate surface area is 265 Å². The Morgan fingerprint density at radius 2 is 1.29 bits per heavy atom. The van der Waals surface area contributed by atoms with Crippen LogP contribution in [0.15, 0.2) is 152 Å². The highest BCUT2D eigenvalue weighted by Crippen LogP contribution is 2.39. The second-order valence-corrected chi connectivity index (χ2v) is 12.7. The first kappa shape index (κ1) is 26.1. The van der Waals surface area contributed by atoms with E-state index in [1.54, 1.807) is 11.3 Å². The van der Waals surface area contributed by atoms with Gasteiger partial charge >= 0.3 is 0 Å². The smallest absolute Gasteiger partial charge is 0.124 e. The van der Waals surface area contributed by atoms with Gasteiger partial charge < -0.3 is 5.32 Å². The second kappa shape index (κ2) is 10.7. The highest BCUT2D eigenvalue weighted by molar-refractivity contribution is 7.21. The van der Waals surface area contributed by atoms with Crippen molar-refractivity contribution in [1.82, 2.24) is 15.6 Å². The third-order valence-corrected chi connectivity index (χ3v) is 10.0. The van der Waals surface area contributed by atoms with Crippen molar-refractivity contribution in [3.8, 4) is 10.6 Å². The number of nitrogens with one attached hydrogen (secondary N) is 2. The summed E-state index contributed by atoms with van der Waals surface area (Å²) in [5.41, 5.74) is 7.01. The third-order valence-electron chi connectivity index (χ3n) is 8.93. The minimum absolute atomic E-state index is 0.0509. The molecule has 9 rings (SSSR count). The molecule has 0 saturated heterocycles. The van der Waals surface area contributed by atoms with E-state index in [1.807, 2.05) is 0 Å². The summed E-state index contributed by atoms with van der Waals surface area (Å²) in [5.74, 6) is 0. The summed E-state index contributed by atoms with van der Waals surface area (Å²) in [4.78, 5) is 5.25. The lowest BCUT2D eigenvalue weighted by Crippen LogP contribution is -2.39. The van der Waals surface area contributed by atoms with Crippen LogP contribution in [0.4, 0.5) is 0 Å². The molecular formula is C41H29N3S. The van der Waals surface area contributed by atoms with Crippen molar-refractivity contribution in [2.24, 2.45) is 0 Å². The van der Waals surface area contributed by atoms with E-state index in [0.29, 0.717) is 0 Å². The zero-order valence-electron chi connectivity index (χ0n) is 24.4. The summed E-state index contributed by atoms with van der Waals surface area (Å²) < 4.78 is 1.21. The summed E-state index contributed by atoms with van der Waals surface area (Å²) in [5, 5.41) is 16.1. The van der Waals surface area contributed by atoms with Gasteiger partial charge in [0, 0.05) is 16.6 Å². The number of hydrogen-bond donors (Lipinski definition) is 2. The Hall–Kier alpha value is -5.29. The zero-order valence-corrected chi connectivity index (χ0v) is 25.3. The topological polar surface area (TPSA) is 37.0 Å². The molecule has 4 heteroatoms. The third kappa shape index (κ3) is 4.67. The van der Waals surface area contributed by atoms with Gasteiger partial charge in [-0.3, -0.25) is 5.32 Å². The molecule has 0 fully saturated rings. The van der Waals surface area contributed by atoms with Crippen LogP contribution in [0.3, 0.4) is 0 Å². The molecule has 1 aromatic heterocycles. The van der Waals surface area contributed by atoms with Gasteiger partial charge in [0.05, 0.1) is 16.3 Å². The molecular weight excluding hydrogens is 567 g/mol. The fourth-order valence-corrected chi connectivity index (χ4v) is 7.62. The van der Waals surface area contributed by atoms with Crippen LogP contribution in [0.5, 0.6) is 0 Å². The maximum Gasteiger partial charge on any atom is 0.124 e. The van der Waals surface area contributed by atoms with Crippen LogP contribution in [0.1, 0.15) is 28.9 Å². The molecule has 0 spiro atoms. The van der Waals surface area contributed by atoms with Gasteiger partial charge in [0.2, 0.25) is 0 Å². The predicted octanol–water partition coefficient (Wildman–Crippen LogP) is 10.4. The monoisotopic (exact) mass is 595 g/mol. The molecule has 214 valence electrons. The molecule has 1 aliphatic heterocycles. The molecule has 2 heterocycles. The number of nitrogens with zero attached hydrogens (tertiary/aromatic N) is 1. The van der Waals surface area contributed by atoms with Gasteiger partial charge in [-0.05, 0) is 67.9 Å². The van der Waals surface area contributed by atoms with E-state index in [2.05, 4.69) is 162 Å². The lowest BCUT2D eigenvalue weighted by Gasteiger charge is -2.33. The van der Waals surface area contributed by atoms with Crippen LogP contribution in [0.25, 0.3) is 58.8 Å². The Morgan fingerprint density at radius 1 is 0.556 bits per heavy atom. The van der Waals surface area contributed by atoms with Crippen molar-refractivity contribution in [3.05, 3.63) is 168 Å². The van der Waals surface area contributed by atoms with Crippen LogP contribution < -0.4 is 10.6 Å². The quantitative estimate of drug-likeness (QED) is 0.199. The molecule has 2 atom stereocenters. The minimum atomic E-state index is -0.0509. The van der Waals surface area contributed by atoms with Gasteiger partial charge in [-0.1, -0.05) is 127 Å². The van der Waals surface area contributed by atoms with Crippen LogP contribution in [-0.2, 0) is 0 Å². The van der Waals surface area contributed by atoms with E-state index in [1.165, 1.54) is 53.7 Å². The number of rotatable bonds is 4. The van der Waals surface area contributed by atoms with Crippen molar-refractivity contribution >= 4 is 59.6 Å². The second-order valence-electron chi connectivity index (χ2n) is 11.7. The van der Waals surface area contributed by atoms with E-state index in [4.69, 9.17) is 4.98 Å². The lowest BCUT2D eigenvalue weighted by molar-refractivity contribution is 0.443. The maximum atomic E-state index is 5.25. The van der Waals surface area contributed by atoms with E-state index < -0.39 is 0 Å². The van der Waals surface area contributed by atoms with Gasteiger partial charge in [0.25, 0.3) is 0 Å². The standard InChI is InChI=1S/C41H29N3S/c1-3-10-27(11-4-1)35-25-36(28-12-5-2-6-13-28)43-40(42-35)32-19-21-34-31(24-32)17-16-29-20-22-37-39(38(29)34)44-41(45-37)33-18-15-26-9-7-8-14-30(26)23-33/h1-25,35,40,42-43H. The van der Waals surface area contributed by atoms with Crippen molar-refractivity contribution in [3.63, 3.8) is 0 Å². The van der Waals surface area contributed by atoms with E-state index in [-0.39, 0.29) is 12.2 Å². The largest absolute Gasteiger partial charge is 0.366 e. The number of fused-ring (bicyclic) bond motifs is 6. The first-order valence-electron chi connectivity index (χ1n) is 15.4. The van der Waals surface area contributed by atoms with Crippen LogP contribution in [0, 0.1) is 0 Å². The Kier molecular flexibility index (Phi) is 6.22. The number of thiazole rings is 1.